The van der Waals surface area contributed by atoms with Crippen LogP contribution < -0.4 is 10.2 Å². The third-order valence-corrected chi connectivity index (χ3v) is 4.65. The highest BCUT2D eigenvalue weighted by molar-refractivity contribution is 5.95. The predicted molar refractivity (Wildman–Crippen MR) is 108 cm³/mol. The smallest absolute Gasteiger partial charge is 0.252 e. The third kappa shape index (κ3) is 4.31. The lowest BCUT2D eigenvalue weighted by Crippen LogP contribution is -2.29. The zero-order valence-electron chi connectivity index (χ0n) is 16.1. The van der Waals surface area contributed by atoms with Gasteiger partial charge in [-0.2, -0.15) is 0 Å². The van der Waals surface area contributed by atoms with Crippen LogP contribution in [0.4, 0.5) is 5.82 Å². The maximum absolute atomic E-state index is 13.0. The van der Waals surface area contributed by atoms with E-state index in [1.54, 1.807) is 30.7 Å². The Morgan fingerprint density at radius 1 is 0.926 bits per heavy atom. The van der Waals surface area contributed by atoms with Crippen molar-refractivity contribution in [1.82, 2.24) is 15.3 Å². The van der Waals surface area contributed by atoms with Crippen LogP contribution in [0.2, 0.25) is 0 Å². The fourth-order valence-electron chi connectivity index (χ4n) is 2.88. The summed E-state index contributed by atoms with van der Waals surface area (Å²) in [4.78, 5) is 23.2. The lowest BCUT2D eigenvalue weighted by atomic mass is 9.96. The van der Waals surface area contributed by atoms with Crippen LogP contribution in [0.25, 0.3) is 0 Å². The van der Waals surface area contributed by atoms with Crippen LogP contribution in [-0.4, -0.2) is 30.0 Å². The van der Waals surface area contributed by atoms with Crippen LogP contribution in [0.3, 0.4) is 0 Å². The van der Waals surface area contributed by atoms with Gasteiger partial charge in [-0.25, -0.2) is 4.98 Å². The molecule has 0 unspecified atom stereocenters. The molecule has 5 nitrogen and oxygen atoms in total. The molecule has 1 atom stereocenters. The van der Waals surface area contributed by atoms with E-state index in [4.69, 9.17) is 0 Å². The van der Waals surface area contributed by atoms with E-state index < -0.39 is 0 Å². The van der Waals surface area contributed by atoms with Gasteiger partial charge in [0, 0.05) is 38.2 Å². The number of hydrogen-bond donors (Lipinski definition) is 1. The van der Waals surface area contributed by atoms with Crippen molar-refractivity contribution >= 4 is 11.7 Å². The number of benzene rings is 1. The Morgan fingerprint density at radius 3 is 2.33 bits per heavy atom. The molecule has 2 heterocycles. The number of pyridine rings is 2. The lowest BCUT2D eigenvalue weighted by Gasteiger charge is -2.21. The lowest BCUT2D eigenvalue weighted by molar-refractivity contribution is 0.0943. The van der Waals surface area contributed by atoms with Gasteiger partial charge in [-0.3, -0.25) is 9.78 Å². The van der Waals surface area contributed by atoms with Crippen LogP contribution in [0.1, 0.15) is 38.7 Å². The normalized spacial score (nSPS) is 11.7. The molecule has 0 radical (unpaired) electrons. The highest BCUT2D eigenvalue weighted by atomic mass is 16.1. The molecule has 0 saturated heterocycles. The number of carbonyl (C=O) groups is 1. The molecule has 1 aromatic carbocycles. The summed E-state index contributed by atoms with van der Waals surface area (Å²) in [5.41, 5.74) is 5.03. The van der Waals surface area contributed by atoms with Gasteiger partial charge in [0.25, 0.3) is 5.91 Å². The molecule has 0 aliphatic rings. The van der Waals surface area contributed by atoms with Gasteiger partial charge >= 0.3 is 0 Å². The first-order valence-corrected chi connectivity index (χ1v) is 8.87. The van der Waals surface area contributed by atoms with E-state index in [1.165, 1.54) is 11.1 Å². The summed E-state index contributed by atoms with van der Waals surface area (Å²) in [6, 6.07) is 13.4. The number of amides is 1. The molecule has 0 bridgehead atoms. The highest BCUT2D eigenvalue weighted by Crippen LogP contribution is 2.24. The number of carbonyl (C=O) groups excluding carboxylic acids is 1. The Hall–Kier alpha value is -3.21. The fraction of sp³-hybridized carbons (Fsp3) is 0.227. The van der Waals surface area contributed by atoms with Crippen molar-refractivity contribution in [3.05, 3.63) is 88.9 Å². The zero-order chi connectivity index (χ0) is 19.4. The average Bonchev–Trinajstić information content (AvgIpc) is 2.69. The second-order valence-electron chi connectivity index (χ2n) is 6.83. The molecule has 3 rings (SSSR count). The predicted octanol–water partition coefficient (Wildman–Crippen LogP) is 3.68. The highest BCUT2D eigenvalue weighted by Gasteiger charge is 2.19. The van der Waals surface area contributed by atoms with Crippen molar-refractivity contribution in [2.75, 3.05) is 19.0 Å². The Bertz CT molecular complexity index is 938. The molecule has 0 aliphatic heterocycles. The molecule has 2 aromatic heterocycles. The van der Waals surface area contributed by atoms with Crippen molar-refractivity contribution in [3.63, 3.8) is 0 Å². The third-order valence-electron chi connectivity index (χ3n) is 4.65. The van der Waals surface area contributed by atoms with Crippen LogP contribution in [0, 0.1) is 13.8 Å². The Morgan fingerprint density at radius 2 is 1.67 bits per heavy atom. The van der Waals surface area contributed by atoms with Crippen LogP contribution in [-0.2, 0) is 0 Å². The first-order valence-electron chi connectivity index (χ1n) is 8.87. The number of nitrogens with one attached hydrogen (secondary N) is 1. The van der Waals surface area contributed by atoms with E-state index in [0.29, 0.717) is 5.56 Å². The van der Waals surface area contributed by atoms with E-state index in [-0.39, 0.29) is 11.9 Å². The van der Waals surface area contributed by atoms with Gasteiger partial charge in [0.1, 0.15) is 5.82 Å². The summed E-state index contributed by atoms with van der Waals surface area (Å²) >= 11 is 0. The molecule has 3 aromatic rings. The molecule has 0 spiro atoms. The van der Waals surface area contributed by atoms with Crippen molar-refractivity contribution in [2.24, 2.45) is 0 Å². The molecular formula is C22H24N4O. The molecule has 5 heteroatoms. The summed E-state index contributed by atoms with van der Waals surface area (Å²) in [7, 11) is 3.80. The minimum absolute atomic E-state index is 0.138. The monoisotopic (exact) mass is 360 g/mol. The summed E-state index contributed by atoms with van der Waals surface area (Å²) in [5.74, 6) is 0.606. The van der Waals surface area contributed by atoms with Crippen molar-refractivity contribution in [1.29, 1.82) is 0 Å². The fourth-order valence-corrected chi connectivity index (χ4v) is 2.88. The van der Waals surface area contributed by atoms with Gasteiger partial charge in [0.15, 0.2) is 0 Å². The molecule has 0 fully saturated rings. The van der Waals surface area contributed by atoms with Gasteiger partial charge < -0.3 is 10.2 Å². The molecule has 1 amide bonds. The quantitative estimate of drug-likeness (QED) is 0.754. The first-order chi connectivity index (χ1) is 13.0. The molecule has 0 saturated carbocycles. The van der Waals surface area contributed by atoms with E-state index in [1.807, 2.05) is 31.1 Å². The number of rotatable bonds is 5. The Labute approximate surface area is 160 Å². The van der Waals surface area contributed by atoms with Crippen molar-refractivity contribution in [3.8, 4) is 0 Å². The second-order valence-corrected chi connectivity index (χ2v) is 6.83. The maximum atomic E-state index is 13.0. The van der Waals surface area contributed by atoms with E-state index in [9.17, 15) is 4.79 Å². The van der Waals surface area contributed by atoms with Crippen molar-refractivity contribution < 1.29 is 4.79 Å². The van der Waals surface area contributed by atoms with Gasteiger partial charge in [0.2, 0.25) is 0 Å². The van der Waals surface area contributed by atoms with E-state index in [0.717, 1.165) is 16.9 Å². The maximum Gasteiger partial charge on any atom is 0.252 e. The minimum Gasteiger partial charge on any atom is -0.363 e. The first kappa shape index (κ1) is 18.6. The number of aryl methyl sites for hydroxylation is 2. The number of nitrogens with zero attached hydrogens (tertiary/aromatic N) is 3. The molecule has 138 valence electrons. The SMILES string of the molecule is Cc1ccc([C@@H](NC(=O)c2ccnc(N(C)C)c2)c2ccncc2)cc1C. The summed E-state index contributed by atoms with van der Waals surface area (Å²) in [5, 5.41) is 3.17. The van der Waals surface area contributed by atoms with E-state index >= 15 is 0 Å². The zero-order valence-corrected chi connectivity index (χ0v) is 16.1. The summed E-state index contributed by atoms with van der Waals surface area (Å²) in [6.07, 6.45) is 5.14. The van der Waals surface area contributed by atoms with Crippen LogP contribution in [0.15, 0.2) is 61.1 Å². The topological polar surface area (TPSA) is 58.1 Å². The number of anilines is 1. The van der Waals surface area contributed by atoms with Gasteiger partial charge in [-0.15, -0.1) is 0 Å². The second kappa shape index (κ2) is 7.99. The average molecular weight is 360 g/mol. The molecule has 1 N–H and O–H groups in total. The summed E-state index contributed by atoms with van der Waals surface area (Å²) < 4.78 is 0. The van der Waals surface area contributed by atoms with Crippen molar-refractivity contribution in [2.45, 2.75) is 19.9 Å². The Balaban J connectivity index is 1.95. The van der Waals surface area contributed by atoms with Crippen LogP contribution >= 0.6 is 0 Å². The minimum atomic E-state index is -0.254. The van der Waals surface area contributed by atoms with Crippen LogP contribution in [0.5, 0.6) is 0 Å². The largest absolute Gasteiger partial charge is 0.363 e. The standard InChI is InChI=1S/C22H24N4O/c1-15-5-6-18(13-16(15)2)21(17-7-10-23-11-8-17)25-22(27)19-9-12-24-20(14-19)26(3)4/h5-14,21H,1-4H3,(H,25,27)/t21-/m0/s1. The molecule has 27 heavy (non-hydrogen) atoms. The Kier molecular flexibility index (Phi) is 5.50. The van der Waals surface area contributed by atoms with Gasteiger partial charge in [-0.05, 0) is 60.4 Å². The van der Waals surface area contributed by atoms with Gasteiger partial charge in [0.05, 0.1) is 6.04 Å². The van der Waals surface area contributed by atoms with E-state index in [2.05, 4.69) is 47.3 Å². The number of aromatic nitrogens is 2. The number of hydrogen-bond acceptors (Lipinski definition) is 4. The summed E-state index contributed by atoms with van der Waals surface area (Å²) in [6.45, 7) is 4.16. The van der Waals surface area contributed by atoms with Gasteiger partial charge in [-0.1, -0.05) is 18.2 Å². The molecular weight excluding hydrogens is 336 g/mol. The molecule has 0 aliphatic carbocycles.